The molecule has 0 saturated carbocycles. The largest absolute Gasteiger partial charge is 0.455 e. The summed E-state index contributed by atoms with van der Waals surface area (Å²) in [6.45, 7) is 1.08. The van der Waals surface area contributed by atoms with Gasteiger partial charge in [-0.15, -0.1) is 0 Å². The Morgan fingerprint density at radius 1 is 1.38 bits per heavy atom. The number of nitriles is 1. The fourth-order valence-corrected chi connectivity index (χ4v) is 2.86. The minimum absolute atomic E-state index is 0.193. The van der Waals surface area contributed by atoms with Crippen LogP contribution < -0.4 is 10.9 Å². The Hall–Kier alpha value is -3.12. The van der Waals surface area contributed by atoms with Crippen LogP contribution in [0, 0.1) is 24.1 Å². The molecule has 1 heterocycles. The number of benzene rings is 1. The van der Waals surface area contributed by atoms with Crippen molar-refractivity contribution in [2.24, 2.45) is 0 Å². The summed E-state index contributed by atoms with van der Waals surface area (Å²) in [7, 11) is 0. The van der Waals surface area contributed by atoms with E-state index >= 15 is 0 Å². The van der Waals surface area contributed by atoms with E-state index in [1.807, 2.05) is 6.07 Å². The van der Waals surface area contributed by atoms with Crippen molar-refractivity contribution in [3.05, 3.63) is 57.6 Å². The zero-order chi connectivity index (χ0) is 19.1. The summed E-state index contributed by atoms with van der Waals surface area (Å²) in [5.74, 6) is -2.01. The third-order valence-electron chi connectivity index (χ3n) is 3.12. The molecule has 1 amide bonds. The molecule has 1 aromatic carbocycles. The van der Waals surface area contributed by atoms with Gasteiger partial charge >= 0.3 is 5.97 Å². The minimum atomic E-state index is -0.698. The van der Waals surface area contributed by atoms with E-state index in [2.05, 4.69) is 10.3 Å². The summed E-state index contributed by atoms with van der Waals surface area (Å²) in [5.41, 5.74) is 0.635. The van der Waals surface area contributed by atoms with Crippen LogP contribution in [-0.2, 0) is 14.3 Å². The lowest BCUT2D eigenvalue weighted by Crippen LogP contribution is -2.21. The van der Waals surface area contributed by atoms with Crippen LogP contribution in [0.25, 0.3) is 0 Å². The van der Waals surface area contributed by atoms with Gasteiger partial charge in [-0.2, -0.15) is 5.26 Å². The van der Waals surface area contributed by atoms with Crippen LogP contribution in [0.3, 0.4) is 0 Å². The average Bonchev–Trinajstić information content (AvgIpc) is 2.57. The van der Waals surface area contributed by atoms with Gasteiger partial charge in [-0.05, 0) is 30.7 Å². The highest BCUT2D eigenvalue weighted by Crippen LogP contribution is 2.20. The summed E-state index contributed by atoms with van der Waals surface area (Å²) in [5, 5.41) is 11.8. The number of carbonyl (C=O) groups is 2. The topological polar surface area (TPSA) is 112 Å². The average molecular weight is 375 g/mol. The number of hydrogen-bond acceptors (Lipinski definition) is 6. The molecular weight excluding hydrogens is 361 g/mol. The van der Waals surface area contributed by atoms with E-state index in [1.54, 1.807) is 6.92 Å². The lowest BCUT2D eigenvalue weighted by Gasteiger charge is -2.08. The van der Waals surface area contributed by atoms with Crippen molar-refractivity contribution in [2.75, 3.05) is 17.7 Å². The molecule has 0 fully saturated rings. The first kappa shape index (κ1) is 19.2. The minimum Gasteiger partial charge on any atom is -0.455 e. The second-order valence-corrected chi connectivity index (χ2v) is 6.13. The van der Waals surface area contributed by atoms with E-state index in [0.29, 0.717) is 5.56 Å². The number of nitrogens with one attached hydrogen (secondary N) is 2. The van der Waals surface area contributed by atoms with Crippen LogP contribution in [0.4, 0.5) is 10.1 Å². The fourth-order valence-electron chi connectivity index (χ4n) is 1.99. The van der Waals surface area contributed by atoms with Crippen LogP contribution >= 0.6 is 11.8 Å². The Balaban J connectivity index is 1.85. The number of esters is 1. The molecule has 2 N–H and O–H groups in total. The Morgan fingerprint density at radius 3 is 2.85 bits per heavy atom. The normalized spacial score (nSPS) is 10.0. The molecule has 0 spiro atoms. The van der Waals surface area contributed by atoms with E-state index in [1.165, 1.54) is 24.3 Å². The van der Waals surface area contributed by atoms with E-state index in [9.17, 15) is 18.8 Å². The number of hydrogen-bond donors (Lipinski definition) is 2. The van der Waals surface area contributed by atoms with Crippen molar-refractivity contribution in [1.29, 1.82) is 5.26 Å². The van der Waals surface area contributed by atoms with Crippen LogP contribution in [0.5, 0.6) is 0 Å². The molecule has 0 unspecified atom stereocenters. The Morgan fingerprint density at radius 2 is 2.15 bits per heavy atom. The molecule has 0 aliphatic carbocycles. The maximum Gasteiger partial charge on any atom is 0.316 e. The fraction of sp³-hybridized carbons (Fsp3) is 0.176. The van der Waals surface area contributed by atoms with Crippen molar-refractivity contribution in [1.82, 2.24) is 4.98 Å². The molecule has 1 aromatic heterocycles. The van der Waals surface area contributed by atoms with Gasteiger partial charge in [-0.3, -0.25) is 14.4 Å². The van der Waals surface area contributed by atoms with E-state index in [0.717, 1.165) is 17.8 Å². The zero-order valence-electron chi connectivity index (χ0n) is 13.7. The molecule has 7 nitrogen and oxygen atoms in total. The summed E-state index contributed by atoms with van der Waals surface area (Å²) in [4.78, 5) is 37.4. The standard InChI is InChI=1S/C17H14FN3O4S/c1-10-5-14(22)21-17(13(10)7-19)26-9-16(24)25-8-15(23)20-12-4-2-3-11(18)6-12/h2-6H,8-9H2,1H3,(H,20,23)(H,21,22). The highest BCUT2D eigenvalue weighted by atomic mass is 32.2. The van der Waals surface area contributed by atoms with E-state index in [-0.39, 0.29) is 27.6 Å². The predicted molar refractivity (Wildman–Crippen MR) is 93.2 cm³/mol. The van der Waals surface area contributed by atoms with Crippen molar-refractivity contribution in [3.63, 3.8) is 0 Å². The monoisotopic (exact) mass is 375 g/mol. The smallest absolute Gasteiger partial charge is 0.316 e. The third kappa shape index (κ3) is 5.46. The lowest BCUT2D eigenvalue weighted by molar-refractivity contribution is -0.144. The first-order valence-electron chi connectivity index (χ1n) is 7.37. The second kappa shape index (κ2) is 8.82. The summed E-state index contributed by atoms with van der Waals surface area (Å²) < 4.78 is 17.8. The number of H-pyrrole nitrogens is 1. The third-order valence-corrected chi connectivity index (χ3v) is 4.10. The van der Waals surface area contributed by atoms with Gasteiger partial charge in [0.15, 0.2) is 6.61 Å². The van der Waals surface area contributed by atoms with Crippen molar-refractivity contribution in [3.8, 4) is 6.07 Å². The number of rotatable bonds is 6. The maximum absolute atomic E-state index is 13.0. The van der Waals surface area contributed by atoms with Gasteiger partial charge in [0.05, 0.1) is 16.3 Å². The number of aromatic nitrogens is 1. The Labute approximate surface area is 152 Å². The quantitative estimate of drug-likeness (QED) is 0.590. The molecule has 9 heteroatoms. The highest BCUT2D eigenvalue weighted by molar-refractivity contribution is 7.99. The number of amides is 1. The molecule has 0 saturated heterocycles. The van der Waals surface area contributed by atoms with Gasteiger partial charge in [-0.25, -0.2) is 4.39 Å². The van der Waals surface area contributed by atoms with Gasteiger partial charge in [-0.1, -0.05) is 17.8 Å². The van der Waals surface area contributed by atoms with Crippen LogP contribution in [-0.4, -0.2) is 29.2 Å². The molecule has 0 aliphatic heterocycles. The molecule has 2 rings (SSSR count). The Bertz CT molecular complexity index is 936. The number of thioether (sulfide) groups is 1. The van der Waals surface area contributed by atoms with Crippen molar-refractivity contribution in [2.45, 2.75) is 11.9 Å². The van der Waals surface area contributed by atoms with Gasteiger partial charge in [0.2, 0.25) is 5.56 Å². The van der Waals surface area contributed by atoms with E-state index in [4.69, 9.17) is 10.00 Å². The van der Waals surface area contributed by atoms with Crippen LogP contribution in [0.1, 0.15) is 11.1 Å². The molecular formula is C17H14FN3O4S. The lowest BCUT2D eigenvalue weighted by atomic mass is 10.2. The number of ether oxygens (including phenoxy) is 1. The van der Waals surface area contributed by atoms with Gasteiger partial charge in [0.25, 0.3) is 5.91 Å². The highest BCUT2D eigenvalue weighted by Gasteiger charge is 2.13. The molecule has 26 heavy (non-hydrogen) atoms. The van der Waals surface area contributed by atoms with Gasteiger partial charge in [0.1, 0.15) is 11.9 Å². The van der Waals surface area contributed by atoms with Crippen molar-refractivity contribution < 1.29 is 18.7 Å². The number of pyridine rings is 1. The summed E-state index contributed by atoms with van der Waals surface area (Å²) >= 11 is 0.932. The number of nitrogens with zero attached hydrogens (tertiary/aromatic N) is 1. The maximum atomic E-state index is 13.0. The molecule has 0 atom stereocenters. The molecule has 2 aromatic rings. The molecule has 134 valence electrons. The molecule has 0 aliphatic rings. The number of carbonyl (C=O) groups excluding carboxylic acids is 2. The van der Waals surface area contributed by atoms with Crippen LogP contribution in [0.2, 0.25) is 0 Å². The Kier molecular flexibility index (Phi) is 6.52. The predicted octanol–water partition coefficient (Wildman–Crippen LogP) is 1.97. The number of anilines is 1. The summed E-state index contributed by atoms with van der Waals surface area (Å²) in [6, 6.07) is 8.54. The molecule has 0 radical (unpaired) electrons. The van der Waals surface area contributed by atoms with Gasteiger partial charge < -0.3 is 15.0 Å². The number of halogens is 1. The number of aryl methyl sites for hydroxylation is 1. The molecule has 0 bridgehead atoms. The van der Waals surface area contributed by atoms with Gasteiger partial charge in [0, 0.05) is 11.8 Å². The second-order valence-electron chi connectivity index (χ2n) is 5.14. The van der Waals surface area contributed by atoms with E-state index < -0.39 is 24.3 Å². The summed E-state index contributed by atoms with van der Waals surface area (Å²) in [6.07, 6.45) is 0. The number of aromatic amines is 1. The first-order chi connectivity index (χ1) is 12.4. The first-order valence-corrected chi connectivity index (χ1v) is 8.35. The van der Waals surface area contributed by atoms with Crippen LogP contribution in [0.15, 0.2) is 40.2 Å². The zero-order valence-corrected chi connectivity index (χ0v) is 14.5. The SMILES string of the molecule is Cc1cc(=O)[nH]c(SCC(=O)OCC(=O)Nc2cccc(F)c2)c1C#N. The van der Waals surface area contributed by atoms with Crippen molar-refractivity contribution >= 4 is 29.3 Å².